The Hall–Kier alpha value is -0.210. The van der Waals surface area contributed by atoms with Crippen LogP contribution < -0.4 is 5.73 Å². The highest BCUT2D eigenvalue weighted by Crippen LogP contribution is 2.23. The molecule has 1 aliphatic heterocycles. The van der Waals surface area contributed by atoms with Crippen LogP contribution in [0.15, 0.2) is 0 Å². The molecule has 6 nitrogen and oxygen atoms in total. The summed E-state index contributed by atoms with van der Waals surface area (Å²) in [5.41, 5.74) is 5.91. The maximum absolute atomic E-state index is 12.4. The van der Waals surface area contributed by atoms with Crippen molar-refractivity contribution in [3.8, 4) is 0 Å². The fourth-order valence-electron chi connectivity index (χ4n) is 2.26. The lowest BCUT2D eigenvalue weighted by Gasteiger charge is -2.38. The van der Waals surface area contributed by atoms with Crippen LogP contribution in [0.1, 0.15) is 26.2 Å². The highest BCUT2D eigenvalue weighted by molar-refractivity contribution is 7.86. The summed E-state index contributed by atoms with van der Waals surface area (Å²) in [5, 5.41) is 0. The molecule has 0 aromatic rings. The lowest BCUT2D eigenvalue weighted by atomic mass is 10.00. The van der Waals surface area contributed by atoms with Crippen molar-refractivity contribution in [3.05, 3.63) is 0 Å². The van der Waals surface area contributed by atoms with E-state index in [4.69, 9.17) is 10.5 Å². The van der Waals surface area contributed by atoms with E-state index >= 15 is 0 Å². The molecule has 0 radical (unpaired) electrons. The van der Waals surface area contributed by atoms with Crippen LogP contribution in [0.4, 0.5) is 0 Å². The minimum atomic E-state index is -3.42. The molecule has 1 rings (SSSR count). The number of piperidine rings is 1. The molecule has 1 fully saturated rings. The molecule has 18 heavy (non-hydrogen) atoms. The third-order valence-electron chi connectivity index (χ3n) is 3.41. The second kappa shape index (κ2) is 6.81. The summed E-state index contributed by atoms with van der Waals surface area (Å²) in [6, 6.07) is -0.232. The largest absolute Gasteiger partial charge is 0.383 e. The summed E-state index contributed by atoms with van der Waals surface area (Å²) in [6.45, 7) is 3.19. The van der Waals surface area contributed by atoms with Gasteiger partial charge in [0.25, 0.3) is 10.2 Å². The Bertz CT molecular complexity index is 345. The molecule has 0 aliphatic carbocycles. The first-order valence-electron chi connectivity index (χ1n) is 6.39. The van der Waals surface area contributed by atoms with Gasteiger partial charge in [-0.15, -0.1) is 0 Å². The standard InChI is InChI=1S/C11H25N3O3S/c1-10(12)11-6-4-5-7-14(11)18(15,16)13(2)8-9-17-3/h10-11H,4-9,12H2,1-3H3. The first-order chi connectivity index (χ1) is 8.41. The van der Waals surface area contributed by atoms with Crippen molar-refractivity contribution in [2.75, 3.05) is 33.9 Å². The molecule has 0 aromatic carbocycles. The zero-order valence-corrected chi connectivity index (χ0v) is 12.3. The Labute approximate surface area is 110 Å². The Morgan fingerprint density at radius 1 is 1.50 bits per heavy atom. The highest BCUT2D eigenvalue weighted by Gasteiger charge is 2.36. The van der Waals surface area contributed by atoms with Crippen LogP contribution in [-0.4, -0.2) is 63.0 Å². The number of nitrogens with two attached hydrogens (primary N) is 1. The molecule has 0 aromatic heterocycles. The maximum atomic E-state index is 12.4. The summed E-state index contributed by atoms with van der Waals surface area (Å²) >= 11 is 0. The Morgan fingerprint density at radius 2 is 2.17 bits per heavy atom. The van der Waals surface area contributed by atoms with Crippen LogP contribution in [-0.2, 0) is 14.9 Å². The average Bonchev–Trinajstić information content (AvgIpc) is 2.35. The number of nitrogens with zero attached hydrogens (tertiary/aromatic N) is 2. The van der Waals surface area contributed by atoms with Crippen LogP contribution in [0, 0.1) is 0 Å². The van der Waals surface area contributed by atoms with Crippen molar-refractivity contribution in [3.63, 3.8) is 0 Å². The molecule has 7 heteroatoms. The monoisotopic (exact) mass is 279 g/mol. The predicted molar refractivity (Wildman–Crippen MR) is 71.4 cm³/mol. The average molecular weight is 279 g/mol. The van der Waals surface area contributed by atoms with E-state index in [1.54, 1.807) is 18.5 Å². The molecule has 2 atom stereocenters. The zero-order valence-electron chi connectivity index (χ0n) is 11.5. The first kappa shape index (κ1) is 15.8. The molecular formula is C11H25N3O3S. The molecular weight excluding hydrogens is 254 g/mol. The van der Waals surface area contributed by atoms with Crippen molar-refractivity contribution >= 4 is 10.2 Å². The van der Waals surface area contributed by atoms with Crippen LogP contribution in [0.3, 0.4) is 0 Å². The summed E-state index contributed by atoms with van der Waals surface area (Å²) in [6.07, 6.45) is 2.79. The Kier molecular flexibility index (Phi) is 6.00. The fraction of sp³-hybridized carbons (Fsp3) is 1.00. The summed E-state index contributed by atoms with van der Waals surface area (Å²) in [7, 11) is -0.276. The van der Waals surface area contributed by atoms with E-state index in [9.17, 15) is 8.42 Å². The molecule has 108 valence electrons. The SMILES string of the molecule is COCCN(C)S(=O)(=O)N1CCCCC1C(C)N. The van der Waals surface area contributed by atoms with Crippen molar-refractivity contribution in [2.24, 2.45) is 5.73 Å². The van der Waals surface area contributed by atoms with E-state index in [1.165, 1.54) is 4.31 Å². The minimum absolute atomic E-state index is 0.0891. The highest BCUT2D eigenvalue weighted by atomic mass is 32.2. The van der Waals surface area contributed by atoms with Crippen LogP contribution in [0.2, 0.25) is 0 Å². The van der Waals surface area contributed by atoms with Gasteiger partial charge in [-0.3, -0.25) is 0 Å². The maximum Gasteiger partial charge on any atom is 0.282 e. The summed E-state index contributed by atoms with van der Waals surface area (Å²) < 4.78 is 32.7. The van der Waals surface area contributed by atoms with Gasteiger partial charge in [0.05, 0.1) is 6.61 Å². The lowest BCUT2D eigenvalue weighted by Crippen LogP contribution is -2.55. The second-order valence-electron chi connectivity index (χ2n) is 4.86. The molecule has 1 heterocycles. The van der Waals surface area contributed by atoms with Crippen LogP contribution in [0.5, 0.6) is 0 Å². The van der Waals surface area contributed by atoms with Crippen molar-refractivity contribution < 1.29 is 13.2 Å². The molecule has 2 unspecified atom stereocenters. The van der Waals surface area contributed by atoms with Gasteiger partial charge in [0, 0.05) is 39.3 Å². The van der Waals surface area contributed by atoms with Gasteiger partial charge < -0.3 is 10.5 Å². The predicted octanol–water partition coefficient (Wildman–Crippen LogP) is 0.0111. The molecule has 0 saturated carbocycles. The first-order valence-corrected chi connectivity index (χ1v) is 7.78. The smallest absolute Gasteiger partial charge is 0.282 e. The van der Waals surface area contributed by atoms with Gasteiger partial charge in [-0.25, -0.2) is 0 Å². The van der Waals surface area contributed by atoms with Gasteiger partial charge >= 0.3 is 0 Å². The van der Waals surface area contributed by atoms with E-state index in [0.717, 1.165) is 19.3 Å². The van der Waals surface area contributed by atoms with Crippen molar-refractivity contribution in [1.82, 2.24) is 8.61 Å². The molecule has 1 saturated heterocycles. The second-order valence-corrected chi connectivity index (χ2v) is 6.84. The van der Waals surface area contributed by atoms with Gasteiger partial charge in [0.1, 0.15) is 0 Å². The van der Waals surface area contributed by atoms with Gasteiger partial charge in [-0.2, -0.15) is 17.0 Å². The van der Waals surface area contributed by atoms with Crippen molar-refractivity contribution in [2.45, 2.75) is 38.3 Å². The molecule has 0 bridgehead atoms. The van der Waals surface area contributed by atoms with Crippen LogP contribution in [0.25, 0.3) is 0 Å². The quantitative estimate of drug-likeness (QED) is 0.743. The zero-order chi connectivity index (χ0) is 13.8. The summed E-state index contributed by atoms with van der Waals surface area (Å²) in [5.74, 6) is 0. The van der Waals surface area contributed by atoms with Crippen molar-refractivity contribution in [1.29, 1.82) is 0 Å². The van der Waals surface area contributed by atoms with Crippen LogP contribution >= 0.6 is 0 Å². The summed E-state index contributed by atoms with van der Waals surface area (Å²) in [4.78, 5) is 0. The van der Waals surface area contributed by atoms with Gasteiger partial charge in [-0.1, -0.05) is 6.42 Å². The van der Waals surface area contributed by atoms with E-state index < -0.39 is 10.2 Å². The molecule has 0 amide bonds. The van der Waals surface area contributed by atoms with E-state index in [1.807, 2.05) is 6.92 Å². The molecule has 2 N–H and O–H groups in total. The third kappa shape index (κ3) is 3.64. The van der Waals surface area contributed by atoms with E-state index in [0.29, 0.717) is 19.7 Å². The number of hydrogen-bond acceptors (Lipinski definition) is 4. The van der Waals surface area contributed by atoms with E-state index in [2.05, 4.69) is 0 Å². The fourth-order valence-corrected chi connectivity index (χ4v) is 3.92. The third-order valence-corrected chi connectivity index (χ3v) is 5.42. The number of rotatable bonds is 6. The topological polar surface area (TPSA) is 75.9 Å². The van der Waals surface area contributed by atoms with E-state index in [-0.39, 0.29) is 12.1 Å². The molecule has 0 spiro atoms. The minimum Gasteiger partial charge on any atom is -0.383 e. The Balaban J connectivity index is 2.80. The number of methoxy groups -OCH3 is 1. The number of ether oxygens (including phenoxy) is 1. The van der Waals surface area contributed by atoms with Gasteiger partial charge in [0.2, 0.25) is 0 Å². The Morgan fingerprint density at radius 3 is 2.72 bits per heavy atom. The number of hydrogen-bond donors (Lipinski definition) is 1. The van der Waals surface area contributed by atoms with Gasteiger partial charge in [0.15, 0.2) is 0 Å². The van der Waals surface area contributed by atoms with Gasteiger partial charge in [-0.05, 0) is 19.8 Å². The normalized spacial score (nSPS) is 24.4. The molecule has 1 aliphatic rings. The number of likely N-dealkylation sites (N-methyl/N-ethyl adjacent to an activating group) is 1. The lowest BCUT2D eigenvalue weighted by molar-refractivity contribution is 0.174.